The Kier molecular flexibility index (Phi) is 4.48. The predicted molar refractivity (Wildman–Crippen MR) is 76.5 cm³/mol. The molecule has 104 valence electrons. The zero-order chi connectivity index (χ0) is 13.9. The van der Waals surface area contributed by atoms with Crippen molar-refractivity contribution in [2.45, 2.75) is 45.1 Å². The highest BCUT2D eigenvalue weighted by Crippen LogP contribution is 2.32. The van der Waals surface area contributed by atoms with Gasteiger partial charge < -0.3 is 9.84 Å². The molecule has 1 aliphatic rings. The number of rotatable bonds is 4. The Bertz CT molecular complexity index is 477. The number of halogens is 1. The summed E-state index contributed by atoms with van der Waals surface area (Å²) in [5, 5.41) is 10.8. The van der Waals surface area contributed by atoms with Crippen molar-refractivity contribution in [1.29, 1.82) is 0 Å². The Hall–Kier alpha value is -1.06. The normalized spacial score (nSPS) is 16.6. The molecule has 0 unspecified atom stereocenters. The van der Waals surface area contributed by atoms with Crippen molar-refractivity contribution in [2.75, 3.05) is 6.61 Å². The molecule has 0 atom stereocenters. The summed E-state index contributed by atoms with van der Waals surface area (Å²) in [7, 11) is 0. The Balaban J connectivity index is 2.10. The van der Waals surface area contributed by atoms with Crippen LogP contribution in [-0.2, 0) is 0 Å². The van der Waals surface area contributed by atoms with E-state index >= 15 is 0 Å². The fraction of sp³-hybridized carbons (Fsp3) is 0.533. The van der Waals surface area contributed by atoms with Gasteiger partial charge in [0.1, 0.15) is 12.4 Å². The third-order valence-electron chi connectivity index (χ3n) is 3.41. The van der Waals surface area contributed by atoms with E-state index in [1.807, 2.05) is 13.8 Å². The largest absolute Gasteiger partial charge is 0.488 e. The van der Waals surface area contributed by atoms with Crippen LogP contribution in [0.2, 0.25) is 5.02 Å². The standard InChI is InChI=1S/C15H20ClNO2/c1-15(2,18)14-6-4-3-5-11(14)10-19-13-7-12(16)8-17-9-13/h7-9,18H,3-6,10H2,1-2H3. The Labute approximate surface area is 119 Å². The fourth-order valence-corrected chi connectivity index (χ4v) is 2.67. The summed E-state index contributed by atoms with van der Waals surface area (Å²) in [5.74, 6) is 0.667. The summed E-state index contributed by atoms with van der Waals surface area (Å²) in [6.07, 6.45) is 7.48. The molecule has 0 spiro atoms. The highest BCUT2D eigenvalue weighted by atomic mass is 35.5. The van der Waals surface area contributed by atoms with E-state index in [4.69, 9.17) is 16.3 Å². The first kappa shape index (κ1) is 14.4. The molecule has 0 radical (unpaired) electrons. The average molecular weight is 282 g/mol. The first-order chi connectivity index (χ1) is 8.97. The van der Waals surface area contributed by atoms with E-state index in [0.717, 1.165) is 31.3 Å². The molecule has 1 aliphatic carbocycles. The van der Waals surface area contributed by atoms with Gasteiger partial charge in [0, 0.05) is 12.3 Å². The van der Waals surface area contributed by atoms with Gasteiger partial charge in [-0.05, 0) is 50.7 Å². The highest BCUT2D eigenvalue weighted by Gasteiger charge is 2.25. The summed E-state index contributed by atoms with van der Waals surface area (Å²) >= 11 is 5.87. The minimum Gasteiger partial charge on any atom is -0.488 e. The molecule has 0 fully saturated rings. The number of aliphatic hydroxyl groups is 1. The van der Waals surface area contributed by atoms with Crippen LogP contribution in [0.3, 0.4) is 0 Å². The van der Waals surface area contributed by atoms with Crippen LogP contribution in [0.5, 0.6) is 5.75 Å². The van der Waals surface area contributed by atoms with Crippen LogP contribution in [0.15, 0.2) is 29.6 Å². The van der Waals surface area contributed by atoms with Gasteiger partial charge in [-0.1, -0.05) is 11.6 Å². The van der Waals surface area contributed by atoms with Crippen molar-refractivity contribution in [1.82, 2.24) is 4.98 Å². The van der Waals surface area contributed by atoms with Gasteiger partial charge in [0.2, 0.25) is 0 Å². The van der Waals surface area contributed by atoms with Crippen molar-refractivity contribution < 1.29 is 9.84 Å². The summed E-state index contributed by atoms with van der Waals surface area (Å²) in [4.78, 5) is 3.99. The number of hydrogen-bond acceptors (Lipinski definition) is 3. The molecule has 1 heterocycles. The molecule has 0 aliphatic heterocycles. The van der Waals surface area contributed by atoms with Gasteiger partial charge in [0.25, 0.3) is 0 Å². The van der Waals surface area contributed by atoms with Gasteiger partial charge in [-0.15, -0.1) is 0 Å². The molecule has 0 bridgehead atoms. The summed E-state index contributed by atoms with van der Waals surface area (Å²) in [5.41, 5.74) is 1.57. The Morgan fingerprint density at radius 3 is 2.74 bits per heavy atom. The lowest BCUT2D eigenvalue weighted by atomic mass is 9.83. The Morgan fingerprint density at radius 2 is 2.05 bits per heavy atom. The summed E-state index contributed by atoms with van der Waals surface area (Å²) in [6, 6.07) is 1.75. The number of ether oxygens (including phenoxy) is 1. The van der Waals surface area contributed by atoms with Gasteiger partial charge in [0.05, 0.1) is 16.8 Å². The number of aromatic nitrogens is 1. The van der Waals surface area contributed by atoms with Gasteiger partial charge in [-0.25, -0.2) is 0 Å². The molecule has 2 rings (SSSR count). The summed E-state index contributed by atoms with van der Waals surface area (Å²) in [6.45, 7) is 4.19. The second kappa shape index (κ2) is 5.93. The lowest BCUT2D eigenvalue weighted by Crippen LogP contribution is -2.26. The highest BCUT2D eigenvalue weighted by molar-refractivity contribution is 6.30. The van der Waals surface area contributed by atoms with E-state index in [1.54, 1.807) is 18.5 Å². The maximum atomic E-state index is 10.2. The lowest BCUT2D eigenvalue weighted by molar-refractivity contribution is 0.111. The van der Waals surface area contributed by atoms with Gasteiger partial charge in [0.15, 0.2) is 0 Å². The van der Waals surface area contributed by atoms with Crippen LogP contribution in [0.4, 0.5) is 0 Å². The zero-order valence-electron chi connectivity index (χ0n) is 11.4. The monoisotopic (exact) mass is 281 g/mol. The van der Waals surface area contributed by atoms with Gasteiger partial charge in [-0.3, -0.25) is 4.98 Å². The molecule has 1 N–H and O–H groups in total. The summed E-state index contributed by atoms with van der Waals surface area (Å²) < 4.78 is 5.74. The van der Waals surface area contributed by atoms with Crippen molar-refractivity contribution in [3.05, 3.63) is 34.6 Å². The SMILES string of the molecule is CC(C)(O)C1=C(COc2cncc(Cl)c2)CCCC1. The van der Waals surface area contributed by atoms with E-state index < -0.39 is 5.60 Å². The number of pyridine rings is 1. The van der Waals surface area contributed by atoms with Crippen LogP contribution >= 0.6 is 11.6 Å². The average Bonchev–Trinajstić information content (AvgIpc) is 2.36. The molecule has 0 amide bonds. The van der Waals surface area contributed by atoms with Crippen LogP contribution in [-0.4, -0.2) is 22.3 Å². The van der Waals surface area contributed by atoms with Crippen molar-refractivity contribution in [3.63, 3.8) is 0 Å². The Morgan fingerprint density at radius 1 is 1.32 bits per heavy atom. The third kappa shape index (κ3) is 3.95. The minimum absolute atomic E-state index is 0.501. The lowest BCUT2D eigenvalue weighted by Gasteiger charge is -2.29. The van der Waals surface area contributed by atoms with Crippen LogP contribution in [0, 0.1) is 0 Å². The van der Waals surface area contributed by atoms with Crippen LogP contribution < -0.4 is 4.74 Å². The van der Waals surface area contributed by atoms with Crippen molar-refractivity contribution in [3.8, 4) is 5.75 Å². The van der Waals surface area contributed by atoms with Crippen molar-refractivity contribution >= 4 is 11.6 Å². The van der Waals surface area contributed by atoms with E-state index in [-0.39, 0.29) is 0 Å². The topological polar surface area (TPSA) is 42.4 Å². The van der Waals surface area contributed by atoms with E-state index in [2.05, 4.69) is 4.98 Å². The van der Waals surface area contributed by atoms with Crippen LogP contribution in [0.1, 0.15) is 39.5 Å². The van der Waals surface area contributed by atoms with E-state index in [1.165, 1.54) is 5.57 Å². The van der Waals surface area contributed by atoms with Crippen molar-refractivity contribution in [2.24, 2.45) is 0 Å². The van der Waals surface area contributed by atoms with E-state index in [0.29, 0.717) is 17.4 Å². The van der Waals surface area contributed by atoms with Crippen LogP contribution in [0.25, 0.3) is 0 Å². The van der Waals surface area contributed by atoms with E-state index in [9.17, 15) is 5.11 Å². The maximum absolute atomic E-state index is 10.2. The minimum atomic E-state index is -0.758. The molecule has 19 heavy (non-hydrogen) atoms. The fourth-order valence-electron chi connectivity index (χ4n) is 2.51. The second-order valence-corrected chi connectivity index (χ2v) is 5.91. The molecule has 3 nitrogen and oxygen atoms in total. The molecule has 0 saturated heterocycles. The molecule has 1 aromatic heterocycles. The molecule has 4 heteroatoms. The smallest absolute Gasteiger partial charge is 0.139 e. The third-order valence-corrected chi connectivity index (χ3v) is 3.62. The molecular formula is C15H20ClNO2. The van der Waals surface area contributed by atoms with Gasteiger partial charge in [-0.2, -0.15) is 0 Å². The molecular weight excluding hydrogens is 262 g/mol. The number of hydrogen-bond donors (Lipinski definition) is 1. The first-order valence-electron chi connectivity index (χ1n) is 6.64. The van der Waals surface area contributed by atoms with Gasteiger partial charge >= 0.3 is 0 Å². The number of nitrogens with zero attached hydrogens (tertiary/aromatic N) is 1. The molecule has 0 saturated carbocycles. The maximum Gasteiger partial charge on any atom is 0.139 e. The quantitative estimate of drug-likeness (QED) is 0.855. The molecule has 0 aromatic carbocycles. The first-order valence-corrected chi connectivity index (χ1v) is 7.02. The zero-order valence-corrected chi connectivity index (χ0v) is 12.2. The second-order valence-electron chi connectivity index (χ2n) is 5.48. The predicted octanol–water partition coefficient (Wildman–Crippen LogP) is 3.76. The molecule has 1 aromatic rings.